The summed E-state index contributed by atoms with van der Waals surface area (Å²) >= 11 is 0. The van der Waals surface area contributed by atoms with Crippen molar-refractivity contribution in [2.75, 3.05) is 24.5 Å². The lowest BCUT2D eigenvalue weighted by molar-refractivity contribution is 0.300. The topological polar surface area (TPSA) is 32.3 Å². The van der Waals surface area contributed by atoms with Crippen molar-refractivity contribution in [3.8, 4) is 0 Å². The van der Waals surface area contributed by atoms with E-state index in [1.807, 2.05) is 42.7 Å². The van der Waals surface area contributed by atoms with E-state index in [-0.39, 0.29) is 11.2 Å². The normalized spacial score (nSPS) is 21.4. The van der Waals surface area contributed by atoms with Gasteiger partial charge in [0.25, 0.3) is 0 Å². The minimum absolute atomic E-state index is 0.0105. The lowest BCUT2D eigenvalue weighted by Gasteiger charge is -2.26. The van der Waals surface area contributed by atoms with Crippen LogP contribution in [-0.2, 0) is 18.5 Å². The highest BCUT2D eigenvalue weighted by molar-refractivity contribution is 5.60. The van der Waals surface area contributed by atoms with Gasteiger partial charge in [-0.1, -0.05) is 24.3 Å². The van der Waals surface area contributed by atoms with Crippen LogP contribution < -0.4 is 4.90 Å². The van der Waals surface area contributed by atoms with Crippen molar-refractivity contribution in [3.63, 3.8) is 0 Å². The molecule has 2 aliphatic heterocycles. The molecule has 1 saturated heterocycles. The van der Waals surface area contributed by atoms with Crippen LogP contribution in [0.1, 0.15) is 23.4 Å². The quantitative estimate of drug-likeness (QED) is 0.696. The number of rotatable bonds is 4. The molecule has 0 amide bonds. The lowest BCUT2D eigenvalue weighted by Crippen LogP contribution is -2.36. The second-order valence-electron chi connectivity index (χ2n) is 7.88. The molecule has 0 bridgehead atoms. The van der Waals surface area contributed by atoms with Crippen molar-refractivity contribution in [2.45, 2.75) is 24.9 Å². The number of benzene rings is 1. The van der Waals surface area contributed by atoms with Gasteiger partial charge in [-0.25, -0.2) is 4.39 Å². The fourth-order valence-electron chi connectivity index (χ4n) is 4.70. The highest BCUT2D eigenvalue weighted by atomic mass is 19.1. The van der Waals surface area contributed by atoms with Crippen LogP contribution in [0.25, 0.3) is 0 Å². The summed E-state index contributed by atoms with van der Waals surface area (Å²) in [4.78, 5) is 14.0. The number of aromatic nitrogens is 2. The Bertz CT molecular complexity index is 977. The Labute approximate surface area is 164 Å². The first kappa shape index (κ1) is 17.3. The maximum absolute atomic E-state index is 14.1. The van der Waals surface area contributed by atoms with Gasteiger partial charge in [-0.15, -0.1) is 0 Å². The van der Waals surface area contributed by atoms with E-state index in [2.05, 4.69) is 26.9 Å². The zero-order valence-electron chi connectivity index (χ0n) is 15.8. The van der Waals surface area contributed by atoms with Crippen molar-refractivity contribution < 1.29 is 4.39 Å². The number of likely N-dealkylation sites (tertiary alicyclic amines) is 1. The fourth-order valence-corrected chi connectivity index (χ4v) is 4.70. The molecule has 0 N–H and O–H groups in total. The van der Waals surface area contributed by atoms with E-state index in [0.29, 0.717) is 6.54 Å². The van der Waals surface area contributed by atoms with Gasteiger partial charge in [0.05, 0.1) is 23.6 Å². The Morgan fingerprint density at radius 2 is 1.75 bits per heavy atom. The molecule has 1 spiro atoms. The summed E-state index contributed by atoms with van der Waals surface area (Å²) in [6, 6.07) is 17.3. The second-order valence-corrected chi connectivity index (χ2v) is 7.88. The maximum atomic E-state index is 14.1. The zero-order valence-corrected chi connectivity index (χ0v) is 15.8. The minimum atomic E-state index is -0.120. The standard InChI is InChI=1S/C23H23FN4/c24-20-8-2-1-6-18(20)14-27-13-10-23(16-27)17-28(15-19-7-3-4-11-25-19)21-9-5-12-26-22(21)23/h1-9,11-12H,10,13-17H2/t23-/m1/s1. The number of nitrogens with zero attached hydrogens (tertiary/aromatic N) is 4. The summed E-state index contributed by atoms with van der Waals surface area (Å²) < 4.78 is 14.1. The van der Waals surface area contributed by atoms with E-state index < -0.39 is 0 Å². The van der Waals surface area contributed by atoms with Gasteiger partial charge >= 0.3 is 0 Å². The summed E-state index contributed by atoms with van der Waals surface area (Å²) in [6.45, 7) is 4.24. The van der Waals surface area contributed by atoms with Gasteiger partial charge in [0, 0.05) is 43.0 Å². The molecule has 5 rings (SSSR count). The maximum Gasteiger partial charge on any atom is 0.127 e. The van der Waals surface area contributed by atoms with Crippen LogP contribution in [0.4, 0.5) is 10.1 Å². The Hall–Kier alpha value is -2.79. The molecule has 0 radical (unpaired) electrons. The molecule has 2 aliphatic rings. The number of hydrogen-bond acceptors (Lipinski definition) is 4. The number of hydrogen-bond donors (Lipinski definition) is 0. The first-order valence-electron chi connectivity index (χ1n) is 9.80. The van der Waals surface area contributed by atoms with Gasteiger partial charge in [0.1, 0.15) is 5.82 Å². The molecule has 142 valence electrons. The number of anilines is 1. The summed E-state index contributed by atoms with van der Waals surface area (Å²) in [7, 11) is 0. The smallest absolute Gasteiger partial charge is 0.127 e. The van der Waals surface area contributed by atoms with E-state index >= 15 is 0 Å². The van der Waals surface area contributed by atoms with Gasteiger partial charge in [0.2, 0.25) is 0 Å². The molecular formula is C23H23FN4. The predicted octanol–water partition coefficient (Wildman–Crippen LogP) is 3.78. The van der Waals surface area contributed by atoms with Crippen LogP contribution in [0, 0.1) is 5.82 Å². The number of pyridine rings is 2. The van der Waals surface area contributed by atoms with Crippen molar-refractivity contribution in [3.05, 3.63) is 89.8 Å². The van der Waals surface area contributed by atoms with E-state index in [1.54, 1.807) is 12.1 Å². The third-order valence-electron chi connectivity index (χ3n) is 5.99. The molecule has 0 saturated carbocycles. The Morgan fingerprint density at radius 3 is 2.61 bits per heavy atom. The molecule has 3 aromatic rings. The first-order valence-corrected chi connectivity index (χ1v) is 9.80. The highest BCUT2D eigenvalue weighted by Gasteiger charge is 2.48. The summed E-state index contributed by atoms with van der Waals surface area (Å²) in [5.74, 6) is -0.120. The van der Waals surface area contributed by atoms with Crippen molar-refractivity contribution in [1.82, 2.24) is 14.9 Å². The van der Waals surface area contributed by atoms with E-state index in [4.69, 9.17) is 4.98 Å². The van der Waals surface area contributed by atoms with E-state index in [0.717, 1.165) is 43.9 Å². The molecule has 28 heavy (non-hydrogen) atoms. The van der Waals surface area contributed by atoms with Gasteiger partial charge < -0.3 is 4.90 Å². The molecule has 5 heteroatoms. The number of fused-ring (bicyclic) bond motifs is 2. The molecule has 1 atom stereocenters. The van der Waals surface area contributed by atoms with Crippen molar-refractivity contribution in [1.29, 1.82) is 0 Å². The average Bonchev–Trinajstić information content (AvgIpc) is 3.26. The SMILES string of the molecule is Fc1ccccc1CN1CC[C@@]2(C1)CN(Cc1ccccn1)c1cccnc12. The lowest BCUT2D eigenvalue weighted by atomic mass is 9.85. The highest BCUT2D eigenvalue weighted by Crippen LogP contribution is 2.45. The van der Waals surface area contributed by atoms with Crippen LogP contribution in [0.3, 0.4) is 0 Å². The number of halogens is 1. The van der Waals surface area contributed by atoms with Crippen LogP contribution in [0.5, 0.6) is 0 Å². The summed E-state index contributed by atoms with van der Waals surface area (Å²) in [5, 5.41) is 0. The minimum Gasteiger partial charge on any atom is -0.363 e. The molecule has 4 nitrogen and oxygen atoms in total. The molecule has 1 fully saturated rings. The molecule has 4 heterocycles. The summed E-state index contributed by atoms with van der Waals surface area (Å²) in [5.41, 5.74) is 4.24. The van der Waals surface area contributed by atoms with Crippen LogP contribution in [-0.4, -0.2) is 34.5 Å². The molecule has 1 aromatic carbocycles. The average molecular weight is 374 g/mol. The van der Waals surface area contributed by atoms with E-state index in [9.17, 15) is 4.39 Å². The van der Waals surface area contributed by atoms with E-state index in [1.165, 1.54) is 11.4 Å². The Kier molecular flexibility index (Phi) is 4.32. The van der Waals surface area contributed by atoms with Crippen LogP contribution >= 0.6 is 0 Å². The summed E-state index contributed by atoms with van der Waals surface area (Å²) in [6.07, 6.45) is 4.78. The second kappa shape index (κ2) is 6.99. The molecular weight excluding hydrogens is 351 g/mol. The van der Waals surface area contributed by atoms with Crippen LogP contribution in [0.2, 0.25) is 0 Å². The monoisotopic (exact) mass is 374 g/mol. The predicted molar refractivity (Wildman–Crippen MR) is 107 cm³/mol. The van der Waals surface area contributed by atoms with Gasteiger partial charge in [0.15, 0.2) is 0 Å². The fraction of sp³-hybridized carbons (Fsp3) is 0.304. The third kappa shape index (κ3) is 3.06. The molecule has 0 unspecified atom stereocenters. The van der Waals surface area contributed by atoms with Crippen LogP contribution in [0.15, 0.2) is 67.0 Å². The Balaban J connectivity index is 1.39. The Morgan fingerprint density at radius 1 is 0.893 bits per heavy atom. The largest absolute Gasteiger partial charge is 0.363 e. The third-order valence-corrected chi connectivity index (χ3v) is 5.99. The zero-order chi connectivity index (χ0) is 19.0. The van der Waals surface area contributed by atoms with Gasteiger partial charge in [-0.05, 0) is 43.3 Å². The van der Waals surface area contributed by atoms with Crippen molar-refractivity contribution in [2.24, 2.45) is 0 Å². The molecule has 0 aliphatic carbocycles. The van der Waals surface area contributed by atoms with Gasteiger partial charge in [-0.2, -0.15) is 0 Å². The van der Waals surface area contributed by atoms with Gasteiger partial charge in [-0.3, -0.25) is 14.9 Å². The molecule has 2 aromatic heterocycles. The first-order chi connectivity index (χ1) is 13.7. The van der Waals surface area contributed by atoms with Crippen molar-refractivity contribution >= 4 is 5.69 Å².